The van der Waals surface area contributed by atoms with E-state index in [0.717, 1.165) is 12.8 Å². The first-order valence-corrected chi connectivity index (χ1v) is 11.0. The molecule has 5 rings (SSSR count). The highest BCUT2D eigenvalue weighted by atomic mass is 35.5. The molecule has 0 spiro atoms. The Morgan fingerprint density at radius 1 is 1.30 bits per heavy atom. The quantitative estimate of drug-likeness (QED) is 0.406. The molecule has 10 heteroatoms. The van der Waals surface area contributed by atoms with Crippen LogP contribution in [-0.2, 0) is 14.3 Å². The van der Waals surface area contributed by atoms with Gasteiger partial charge < -0.3 is 19.2 Å². The number of carbonyl (C=O) groups is 1. The number of imidazole rings is 1. The lowest BCUT2D eigenvalue weighted by atomic mass is 9.95. The Labute approximate surface area is 194 Å². The number of benzene rings is 1. The minimum absolute atomic E-state index is 0.0163. The number of methoxy groups -OCH3 is 2. The average Bonchev–Trinajstić information content (AvgIpc) is 3.43. The molecule has 1 aliphatic rings. The van der Waals surface area contributed by atoms with Crippen molar-refractivity contribution in [1.82, 2.24) is 19.6 Å². The van der Waals surface area contributed by atoms with Gasteiger partial charge in [-0.15, -0.1) is 0 Å². The lowest BCUT2D eigenvalue weighted by molar-refractivity contribution is -0.117. The molecule has 2 N–H and O–H groups in total. The number of nitrogens with one attached hydrogen (secondary N) is 2. The van der Waals surface area contributed by atoms with Crippen LogP contribution in [0.1, 0.15) is 31.4 Å². The standard InChI is InChI=1S/C23H23ClFN5O3/c1-11(32-2)22(33-3)18-20(25)19(24)17(14-8-26-29-21(14)18)13-6-7-16-27-15(10-30(16)9-13)28-23(31)12-4-5-12/h6-12,22H,4-5H2,1-3H3,(H,26,29)(H,28,31)/t11-,22-/m1/s1. The number of pyridine rings is 1. The molecule has 1 amide bonds. The fraction of sp³-hybridized carbons (Fsp3) is 0.348. The van der Waals surface area contributed by atoms with Crippen LogP contribution >= 0.6 is 11.6 Å². The first kappa shape index (κ1) is 21.8. The smallest absolute Gasteiger partial charge is 0.228 e. The van der Waals surface area contributed by atoms with Gasteiger partial charge in [-0.25, -0.2) is 9.37 Å². The molecule has 172 valence electrons. The number of hydrogen-bond donors (Lipinski definition) is 2. The Balaban J connectivity index is 1.61. The molecular formula is C23H23ClFN5O3. The number of aromatic nitrogens is 4. The normalized spacial score (nSPS) is 15.8. The molecule has 3 aromatic heterocycles. The van der Waals surface area contributed by atoms with Gasteiger partial charge >= 0.3 is 0 Å². The van der Waals surface area contributed by atoms with E-state index in [2.05, 4.69) is 20.5 Å². The number of rotatable bonds is 7. The Morgan fingerprint density at radius 2 is 2.09 bits per heavy atom. The number of carbonyl (C=O) groups excluding carboxylic acids is 1. The van der Waals surface area contributed by atoms with Crippen LogP contribution in [0, 0.1) is 11.7 Å². The van der Waals surface area contributed by atoms with E-state index in [4.69, 9.17) is 21.1 Å². The molecule has 4 aromatic rings. The molecule has 0 unspecified atom stereocenters. The minimum Gasteiger partial charge on any atom is -0.379 e. The van der Waals surface area contributed by atoms with Gasteiger partial charge in [0.1, 0.15) is 11.8 Å². The summed E-state index contributed by atoms with van der Waals surface area (Å²) in [6.07, 6.45) is 5.87. The van der Waals surface area contributed by atoms with Gasteiger partial charge in [-0.1, -0.05) is 11.6 Å². The van der Waals surface area contributed by atoms with E-state index in [-0.39, 0.29) is 22.4 Å². The van der Waals surface area contributed by atoms with Crippen molar-refractivity contribution in [2.45, 2.75) is 32.0 Å². The van der Waals surface area contributed by atoms with Gasteiger partial charge in [0.2, 0.25) is 5.91 Å². The van der Waals surface area contributed by atoms with Crippen molar-refractivity contribution in [1.29, 1.82) is 0 Å². The predicted octanol–water partition coefficient (Wildman–Crippen LogP) is 4.74. The number of aromatic amines is 1. The molecule has 8 nitrogen and oxygen atoms in total. The third-order valence-electron chi connectivity index (χ3n) is 6.10. The van der Waals surface area contributed by atoms with E-state index >= 15 is 4.39 Å². The number of amides is 1. The SMILES string of the molecule is CO[C@H](C)[C@@H](OC)c1c(F)c(Cl)c(-c2ccc3nc(NC(=O)C4CC4)cn3c2)c2cn[nH]c12. The van der Waals surface area contributed by atoms with Gasteiger partial charge in [0.25, 0.3) is 0 Å². The number of nitrogens with zero attached hydrogens (tertiary/aromatic N) is 3. The number of fused-ring (bicyclic) bond motifs is 2. The van der Waals surface area contributed by atoms with E-state index in [9.17, 15) is 4.79 Å². The maximum absolute atomic E-state index is 15.7. The third-order valence-corrected chi connectivity index (χ3v) is 6.46. The van der Waals surface area contributed by atoms with E-state index < -0.39 is 18.0 Å². The zero-order valence-corrected chi connectivity index (χ0v) is 19.1. The number of ether oxygens (including phenoxy) is 2. The van der Waals surface area contributed by atoms with E-state index in [1.54, 1.807) is 36.0 Å². The molecule has 1 saturated carbocycles. The Hall–Kier alpha value is -3.01. The second kappa shape index (κ2) is 8.40. The van der Waals surface area contributed by atoms with Gasteiger partial charge in [-0.2, -0.15) is 5.10 Å². The lowest BCUT2D eigenvalue weighted by Gasteiger charge is -2.24. The van der Waals surface area contributed by atoms with Crippen molar-refractivity contribution in [3.63, 3.8) is 0 Å². The molecule has 0 aliphatic heterocycles. The van der Waals surface area contributed by atoms with E-state index in [0.29, 0.717) is 33.5 Å². The monoisotopic (exact) mass is 471 g/mol. The van der Waals surface area contributed by atoms with Gasteiger partial charge in [0, 0.05) is 48.4 Å². The summed E-state index contributed by atoms with van der Waals surface area (Å²) in [6, 6.07) is 3.61. The van der Waals surface area contributed by atoms with Crippen molar-refractivity contribution in [3.05, 3.63) is 47.1 Å². The molecule has 3 heterocycles. The highest BCUT2D eigenvalue weighted by molar-refractivity contribution is 6.35. The van der Waals surface area contributed by atoms with Crippen molar-refractivity contribution < 1.29 is 18.7 Å². The van der Waals surface area contributed by atoms with Crippen LogP contribution in [0.15, 0.2) is 30.7 Å². The van der Waals surface area contributed by atoms with Crippen LogP contribution in [-0.4, -0.2) is 45.8 Å². The van der Waals surface area contributed by atoms with Crippen molar-refractivity contribution >= 4 is 39.9 Å². The van der Waals surface area contributed by atoms with Crippen molar-refractivity contribution in [2.75, 3.05) is 19.5 Å². The highest BCUT2D eigenvalue weighted by Crippen LogP contribution is 2.42. The Kier molecular flexibility index (Phi) is 5.55. The number of hydrogen-bond acceptors (Lipinski definition) is 5. The van der Waals surface area contributed by atoms with Gasteiger partial charge in [0.15, 0.2) is 11.6 Å². The van der Waals surface area contributed by atoms with Gasteiger partial charge in [-0.05, 0) is 31.9 Å². The summed E-state index contributed by atoms with van der Waals surface area (Å²) in [7, 11) is 3.03. The van der Waals surface area contributed by atoms with Crippen LogP contribution in [0.2, 0.25) is 5.02 Å². The van der Waals surface area contributed by atoms with Gasteiger partial charge in [0.05, 0.1) is 29.0 Å². The fourth-order valence-corrected chi connectivity index (χ4v) is 4.44. The molecule has 1 fully saturated rings. The highest BCUT2D eigenvalue weighted by Gasteiger charge is 2.31. The zero-order valence-electron chi connectivity index (χ0n) is 18.4. The molecule has 2 atom stereocenters. The summed E-state index contributed by atoms with van der Waals surface area (Å²) >= 11 is 6.59. The lowest BCUT2D eigenvalue weighted by Crippen LogP contribution is -2.21. The maximum atomic E-state index is 15.7. The molecule has 33 heavy (non-hydrogen) atoms. The summed E-state index contributed by atoms with van der Waals surface area (Å²) in [5.74, 6) is -0.0573. The van der Waals surface area contributed by atoms with E-state index in [1.165, 1.54) is 14.2 Å². The Morgan fingerprint density at radius 3 is 2.79 bits per heavy atom. The number of H-pyrrole nitrogens is 1. The van der Waals surface area contributed by atoms with Crippen LogP contribution in [0.4, 0.5) is 10.2 Å². The molecule has 0 saturated heterocycles. The van der Waals surface area contributed by atoms with E-state index in [1.807, 2.05) is 6.07 Å². The zero-order chi connectivity index (χ0) is 23.3. The first-order valence-electron chi connectivity index (χ1n) is 10.6. The summed E-state index contributed by atoms with van der Waals surface area (Å²) in [5, 5.41) is 10.5. The predicted molar refractivity (Wildman–Crippen MR) is 123 cm³/mol. The largest absolute Gasteiger partial charge is 0.379 e. The molecule has 0 radical (unpaired) electrons. The average molecular weight is 472 g/mol. The second-order valence-corrected chi connectivity index (χ2v) is 8.62. The molecule has 1 aromatic carbocycles. The maximum Gasteiger partial charge on any atom is 0.228 e. The van der Waals surface area contributed by atoms with Crippen LogP contribution in [0.5, 0.6) is 0 Å². The third kappa shape index (κ3) is 3.76. The number of halogens is 2. The summed E-state index contributed by atoms with van der Waals surface area (Å²) < 4.78 is 28.3. The summed E-state index contributed by atoms with van der Waals surface area (Å²) in [6.45, 7) is 1.80. The first-order chi connectivity index (χ1) is 15.9. The van der Waals surface area contributed by atoms with Crippen LogP contribution in [0.25, 0.3) is 27.7 Å². The van der Waals surface area contributed by atoms with Crippen molar-refractivity contribution in [3.8, 4) is 11.1 Å². The summed E-state index contributed by atoms with van der Waals surface area (Å²) in [4.78, 5) is 16.5. The second-order valence-electron chi connectivity index (χ2n) is 8.25. The fourth-order valence-electron chi connectivity index (χ4n) is 4.13. The van der Waals surface area contributed by atoms with Gasteiger partial charge in [-0.3, -0.25) is 9.89 Å². The molecule has 1 aliphatic carbocycles. The van der Waals surface area contributed by atoms with Crippen LogP contribution in [0.3, 0.4) is 0 Å². The van der Waals surface area contributed by atoms with Crippen molar-refractivity contribution in [2.24, 2.45) is 5.92 Å². The van der Waals surface area contributed by atoms with Crippen LogP contribution < -0.4 is 5.32 Å². The Bertz CT molecular complexity index is 1360. The number of anilines is 1. The molecular weight excluding hydrogens is 449 g/mol. The topological polar surface area (TPSA) is 93.5 Å². The minimum atomic E-state index is -0.682. The molecule has 0 bridgehead atoms. The summed E-state index contributed by atoms with van der Waals surface area (Å²) in [5.41, 5.74) is 2.58.